The molecule has 0 spiro atoms. The Morgan fingerprint density at radius 2 is 2.07 bits per heavy atom. The van der Waals surface area contributed by atoms with Crippen molar-refractivity contribution in [3.8, 4) is 0 Å². The van der Waals surface area contributed by atoms with Gasteiger partial charge in [-0.1, -0.05) is 36.2 Å². The van der Waals surface area contributed by atoms with Gasteiger partial charge in [0.2, 0.25) is 0 Å². The molecule has 0 radical (unpaired) electrons. The van der Waals surface area contributed by atoms with Crippen molar-refractivity contribution in [1.29, 1.82) is 0 Å². The monoisotopic (exact) mass is 243 g/mol. The first-order valence-corrected chi connectivity index (χ1v) is 6.01. The van der Waals surface area contributed by atoms with Gasteiger partial charge >= 0.3 is 0 Å². The SMILES string of the molecule is CNC1CC(c2ccc(Cl)cc2Cl)C1C. The third-order valence-corrected chi connectivity index (χ3v) is 4.07. The van der Waals surface area contributed by atoms with Crippen LogP contribution in [-0.4, -0.2) is 13.1 Å². The van der Waals surface area contributed by atoms with Crippen LogP contribution in [-0.2, 0) is 0 Å². The topological polar surface area (TPSA) is 12.0 Å². The molecule has 1 saturated carbocycles. The van der Waals surface area contributed by atoms with Gasteiger partial charge < -0.3 is 5.32 Å². The van der Waals surface area contributed by atoms with E-state index in [1.54, 1.807) is 0 Å². The van der Waals surface area contributed by atoms with Gasteiger partial charge in [-0.05, 0) is 43.0 Å². The summed E-state index contributed by atoms with van der Waals surface area (Å²) in [5, 5.41) is 4.82. The molecule has 0 aliphatic heterocycles. The number of halogens is 2. The van der Waals surface area contributed by atoms with Crippen LogP contribution in [0, 0.1) is 5.92 Å². The molecular weight excluding hydrogens is 229 g/mol. The summed E-state index contributed by atoms with van der Waals surface area (Å²) in [6.07, 6.45) is 1.17. The Balaban J connectivity index is 2.18. The van der Waals surface area contributed by atoms with E-state index in [0.29, 0.717) is 22.9 Å². The summed E-state index contributed by atoms with van der Waals surface area (Å²) in [4.78, 5) is 0. The Morgan fingerprint density at radius 1 is 1.33 bits per heavy atom. The number of rotatable bonds is 2. The fraction of sp³-hybridized carbons (Fsp3) is 0.500. The second-order valence-electron chi connectivity index (χ2n) is 4.26. The lowest BCUT2D eigenvalue weighted by Crippen LogP contribution is -2.46. The molecule has 0 heterocycles. The highest BCUT2D eigenvalue weighted by molar-refractivity contribution is 6.35. The molecule has 15 heavy (non-hydrogen) atoms. The van der Waals surface area contributed by atoms with E-state index >= 15 is 0 Å². The minimum atomic E-state index is 0.576. The normalized spacial score (nSPS) is 30.0. The van der Waals surface area contributed by atoms with Crippen molar-refractivity contribution in [2.24, 2.45) is 5.92 Å². The first-order valence-electron chi connectivity index (χ1n) is 5.25. The quantitative estimate of drug-likeness (QED) is 0.836. The van der Waals surface area contributed by atoms with Gasteiger partial charge in [0.1, 0.15) is 0 Å². The molecule has 1 aromatic rings. The van der Waals surface area contributed by atoms with E-state index in [1.807, 2.05) is 19.2 Å². The molecule has 1 aliphatic rings. The molecular formula is C12H15Cl2N. The van der Waals surface area contributed by atoms with Crippen LogP contribution >= 0.6 is 23.2 Å². The van der Waals surface area contributed by atoms with Crippen LogP contribution in [0.4, 0.5) is 0 Å². The zero-order chi connectivity index (χ0) is 11.0. The van der Waals surface area contributed by atoms with Crippen LogP contribution in [0.15, 0.2) is 18.2 Å². The number of nitrogens with one attached hydrogen (secondary N) is 1. The molecule has 3 atom stereocenters. The van der Waals surface area contributed by atoms with E-state index in [9.17, 15) is 0 Å². The Kier molecular flexibility index (Phi) is 3.24. The maximum absolute atomic E-state index is 6.19. The molecule has 1 aromatic carbocycles. The molecule has 0 aromatic heterocycles. The fourth-order valence-corrected chi connectivity index (χ4v) is 2.93. The summed E-state index contributed by atoms with van der Waals surface area (Å²) in [6.45, 7) is 2.26. The summed E-state index contributed by atoms with van der Waals surface area (Å²) in [7, 11) is 2.01. The second-order valence-corrected chi connectivity index (χ2v) is 5.11. The van der Waals surface area contributed by atoms with Gasteiger partial charge in [0, 0.05) is 16.1 Å². The highest BCUT2D eigenvalue weighted by atomic mass is 35.5. The Bertz CT molecular complexity index is 365. The van der Waals surface area contributed by atoms with Crippen molar-refractivity contribution in [2.75, 3.05) is 7.05 Å². The average molecular weight is 244 g/mol. The van der Waals surface area contributed by atoms with Crippen molar-refractivity contribution in [3.05, 3.63) is 33.8 Å². The maximum Gasteiger partial charge on any atom is 0.0455 e. The van der Waals surface area contributed by atoms with Crippen LogP contribution in [0.25, 0.3) is 0 Å². The van der Waals surface area contributed by atoms with Crippen LogP contribution in [0.1, 0.15) is 24.8 Å². The van der Waals surface area contributed by atoms with Crippen molar-refractivity contribution >= 4 is 23.2 Å². The lowest BCUT2D eigenvalue weighted by atomic mass is 9.67. The number of hydrogen-bond donors (Lipinski definition) is 1. The molecule has 82 valence electrons. The van der Waals surface area contributed by atoms with E-state index in [1.165, 1.54) is 12.0 Å². The van der Waals surface area contributed by atoms with E-state index in [-0.39, 0.29) is 0 Å². The summed E-state index contributed by atoms with van der Waals surface area (Å²) in [5.74, 6) is 1.22. The summed E-state index contributed by atoms with van der Waals surface area (Å²) < 4.78 is 0. The van der Waals surface area contributed by atoms with Crippen LogP contribution in [0.2, 0.25) is 10.0 Å². The Labute approximate surface area is 101 Å². The highest BCUT2D eigenvalue weighted by Gasteiger charge is 2.38. The predicted octanol–water partition coefficient (Wildman–Crippen LogP) is 3.70. The Hall–Kier alpha value is -0.240. The zero-order valence-corrected chi connectivity index (χ0v) is 10.4. The van der Waals surface area contributed by atoms with Crippen molar-refractivity contribution in [2.45, 2.75) is 25.3 Å². The zero-order valence-electron chi connectivity index (χ0n) is 8.93. The molecule has 0 amide bonds. The van der Waals surface area contributed by atoms with Crippen molar-refractivity contribution in [1.82, 2.24) is 5.32 Å². The van der Waals surface area contributed by atoms with Gasteiger partial charge in [0.05, 0.1) is 0 Å². The maximum atomic E-state index is 6.19. The Morgan fingerprint density at radius 3 is 2.60 bits per heavy atom. The van der Waals surface area contributed by atoms with Gasteiger partial charge in [0.15, 0.2) is 0 Å². The standard InChI is InChI=1S/C12H15Cl2N/c1-7-10(6-12(7)15-2)9-4-3-8(13)5-11(9)14/h3-5,7,10,12,15H,6H2,1-2H3. The molecule has 2 rings (SSSR count). The fourth-order valence-electron chi connectivity index (χ4n) is 2.38. The van der Waals surface area contributed by atoms with Gasteiger partial charge in [-0.25, -0.2) is 0 Å². The smallest absolute Gasteiger partial charge is 0.0455 e. The first kappa shape index (κ1) is 11.3. The summed E-state index contributed by atoms with van der Waals surface area (Å²) >= 11 is 12.1. The van der Waals surface area contributed by atoms with E-state index in [0.717, 1.165) is 5.02 Å². The molecule has 1 nitrogen and oxygen atoms in total. The average Bonchev–Trinajstić information content (AvgIpc) is 2.20. The molecule has 1 fully saturated rings. The minimum absolute atomic E-state index is 0.576. The molecule has 1 N–H and O–H groups in total. The lowest BCUT2D eigenvalue weighted by molar-refractivity contribution is 0.194. The second kappa shape index (κ2) is 4.32. The largest absolute Gasteiger partial charge is 0.317 e. The molecule has 3 unspecified atom stereocenters. The van der Waals surface area contributed by atoms with Crippen LogP contribution in [0.3, 0.4) is 0 Å². The highest BCUT2D eigenvalue weighted by Crippen LogP contribution is 2.44. The van der Waals surface area contributed by atoms with Gasteiger partial charge in [-0.2, -0.15) is 0 Å². The predicted molar refractivity (Wildman–Crippen MR) is 65.8 cm³/mol. The van der Waals surface area contributed by atoms with Crippen LogP contribution in [0.5, 0.6) is 0 Å². The first-order chi connectivity index (χ1) is 7.13. The molecule has 3 heteroatoms. The third-order valence-electron chi connectivity index (χ3n) is 3.51. The lowest BCUT2D eigenvalue weighted by Gasteiger charge is -2.43. The number of hydrogen-bond acceptors (Lipinski definition) is 1. The van der Waals surface area contributed by atoms with Gasteiger partial charge in [0.25, 0.3) is 0 Å². The van der Waals surface area contributed by atoms with Gasteiger partial charge in [-0.15, -0.1) is 0 Å². The van der Waals surface area contributed by atoms with Gasteiger partial charge in [-0.3, -0.25) is 0 Å². The summed E-state index contributed by atoms with van der Waals surface area (Å²) in [6, 6.07) is 6.43. The third kappa shape index (κ3) is 2.01. The number of benzene rings is 1. The molecule has 1 aliphatic carbocycles. The van der Waals surface area contributed by atoms with Crippen molar-refractivity contribution < 1.29 is 0 Å². The van der Waals surface area contributed by atoms with Crippen LogP contribution < -0.4 is 5.32 Å². The van der Waals surface area contributed by atoms with Crippen molar-refractivity contribution in [3.63, 3.8) is 0 Å². The van der Waals surface area contributed by atoms with E-state index < -0.39 is 0 Å². The minimum Gasteiger partial charge on any atom is -0.317 e. The summed E-state index contributed by atoms with van der Waals surface area (Å²) in [5.41, 5.74) is 1.24. The van der Waals surface area contributed by atoms with E-state index in [2.05, 4.69) is 18.3 Å². The molecule has 0 saturated heterocycles. The van der Waals surface area contributed by atoms with E-state index in [4.69, 9.17) is 23.2 Å². The molecule has 0 bridgehead atoms.